The van der Waals surface area contributed by atoms with Crippen LogP contribution in [0.3, 0.4) is 0 Å². The normalized spacial score (nSPS) is 11.8. The molecule has 14 heavy (non-hydrogen) atoms. The lowest BCUT2D eigenvalue weighted by molar-refractivity contribution is 0.677. The second-order valence-corrected chi connectivity index (χ2v) is 2.93. The van der Waals surface area contributed by atoms with Crippen molar-refractivity contribution < 1.29 is 0 Å². The van der Waals surface area contributed by atoms with Crippen LogP contribution in [0.2, 0.25) is 0 Å². The highest BCUT2D eigenvalue weighted by Crippen LogP contribution is 2.01. The SMILES string of the molecule is CCC(N)CNc1ccnc(C#N)n1. The molecule has 0 aliphatic carbocycles. The molecule has 1 aromatic rings. The van der Waals surface area contributed by atoms with Crippen LogP contribution < -0.4 is 11.1 Å². The Kier molecular flexibility index (Phi) is 3.83. The van der Waals surface area contributed by atoms with E-state index in [1.807, 2.05) is 13.0 Å². The third-order valence-electron chi connectivity index (χ3n) is 1.83. The maximum Gasteiger partial charge on any atom is 0.234 e. The first-order valence-electron chi connectivity index (χ1n) is 4.49. The van der Waals surface area contributed by atoms with Gasteiger partial charge in [-0.1, -0.05) is 6.92 Å². The van der Waals surface area contributed by atoms with Gasteiger partial charge in [-0.05, 0) is 12.5 Å². The zero-order chi connectivity index (χ0) is 10.4. The fraction of sp³-hybridized carbons (Fsp3) is 0.444. The lowest BCUT2D eigenvalue weighted by Gasteiger charge is -2.10. The van der Waals surface area contributed by atoms with Crippen LogP contribution in [0.4, 0.5) is 5.82 Å². The summed E-state index contributed by atoms with van der Waals surface area (Å²) in [6.45, 7) is 2.67. The minimum Gasteiger partial charge on any atom is -0.368 e. The van der Waals surface area contributed by atoms with E-state index in [1.54, 1.807) is 12.3 Å². The average Bonchev–Trinajstić information content (AvgIpc) is 2.26. The Hall–Kier alpha value is -1.67. The van der Waals surface area contributed by atoms with Crippen LogP contribution in [0.1, 0.15) is 19.2 Å². The van der Waals surface area contributed by atoms with Gasteiger partial charge in [0.2, 0.25) is 5.82 Å². The number of nitrogens with one attached hydrogen (secondary N) is 1. The summed E-state index contributed by atoms with van der Waals surface area (Å²) in [5.41, 5.74) is 5.72. The van der Waals surface area contributed by atoms with Gasteiger partial charge in [0.05, 0.1) is 0 Å². The number of nitrogens with two attached hydrogens (primary N) is 1. The molecule has 5 heteroatoms. The predicted octanol–water partition coefficient (Wildman–Crippen LogP) is 0.497. The molecule has 1 aromatic heterocycles. The molecule has 3 N–H and O–H groups in total. The Morgan fingerprint density at radius 1 is 1.71 bits per heavy atom. The summed E-state index contributed by atoms with van der Waals surface area (Å²) in [6, 6.07) is 3.69. The molecule has 1 heterocycles. The van der Waals surface area contributed by atoms with Gasteiger partial charge in [-0.3, -0.25) is 0 Å². The van der Waals surface area contributed by atoms with Gasteiger partial charge >= 0.3 is 0 Å². The summed E-state index contributed by atoms with van der Waals surface area (Å²) in [5, 5.41) is 11.6. The Labute approximate surface area is 83.0 Å². The van der Waals surface area contributed by atoms with Crippen molar-refractivity contribution in [2.45, 2.75) is 19.4 Å². The fourth-order valence-electron chi connectivity index (χ4n) is 0.891. The zero-order valence-electron chi connectivity index (χ0n) is 8.07. The van der Waals surface area contributed by atoms with Crippen LogP contribution >= 0.6 is 0 Å². The van der Waals surface area contributed by atoms with Crippen molar-refractivity contribution in [3.8, 4) is 6.07 Å². The highest BCUT2D eigenvalue weighted by Gasteiger charge is 2.00. The second kappa shape index (κ2) is 5.14. The van der Waals surface area contributed by atoms with E-state index in [-0.39, 0.29) is 11.9 Å². The second-order valence-electron chi connectivity index (χ2n) is 2.93. The van der Waals surface area contributed by atoms with Gasteiger partial charge in [0.15, 0.2) is 0 Å². The van der Waals surface area contributed by atoms with Gasteiger partial charge in [-0.25, -0.2) is 9.97 Å². The van der Waals surface area contributed by atoms with Gasteiger partial charge < -0.3 is 11.1 Å². The van der Waals surface area contributed by atoms with Gasteiger partial charge in [-0.2, -0.15) is 5.26 Å². The molecular weight excluding hydrogens is 178 g/mol. The molecule has 1 unspecified atom stereocenters. The number of aromatic nitrogens is 2. The first kappa shape index (κ1) is 10.4. The van der Waals surface area contributed by atoms with E-state index in [1.165, 1.54) is 0 Å². The van der Waals surface area contributed by atoms with E-state index in [4.69, 9.17) is 11.0 Å². The van der Waals surface area contributed by atoms with Crippen molar-refractivity contribution in [2.75, 3.05) is 11.9 Å². The zero-order valence-corrected chi connectivity index (χ0v) is 8.07. The molecule has 0 aliphatic heterocycles. The maximum absolute atomic E-state index is 8.56. The summed E-state index contributed by atoms with van der Waals surface area (Å²) in [5.74, 6) is 0.806. The molecular formula is C9H13N5. The van der Waals surface area contributed by atoms with E-state index >= 15 is 0 Å². The Morgan fingerprint density at radius 2 is 2.50 bits per heavy atom. The van der Waals surface area contributed by atoms with Crippen LogP contribution in [0, 0.1) is 11.3 Å². The quantitative estimate of drug-likeness (QED) is 0.723. The Bertz CT molecular complexity index is 330. The number of nitriles is 1. The van der Waals surface area contributed by atoms with Crippen molar-refractivity contribution in [3.05, 3.63) is 18.1 Å². The Morgan fingerprint density at radius 3 is 3.14 bits per heavy atom. The van der Waals surface area contributed by atoms with Crippen LogP contribution in [-0.4, -0.2) is 22.6 Å². The molecule has 1 atom stereocenters. The monoisotopic (exact) mass is 191 g/mol. The minimum absolute atomic E-state index is 0.107. The summed E-state index contributed by atoms with van der Waals surface area (Å²) in [4.78, 5) is 7.72. The number of rotatable bonds is 4. The molecule has 0 radical (unpaired) electrons. The highest BCUT2D eigenvalue weighted by molar-refractivity contribution is 5.34. The van der Waals surface area contributed by atoms with Gasteiger partial charge in [-0.15, -0.1) is 0 Å². The van der Waals surface area contributed by atoms with E-state index in [0.717, 1.165) is 6.42 Å². The van der Waals surface area contributed by atoms with Crippen molar-refractivity contribution in [3.63, 3.8) is 0 Å². The molecule has 0 aliphatic rings. The highest BCUT2D eigenvalue weighted by atomic mass is 15.0. The third kappa shape index (κ3) is 2.99. The summed E-state index contributed by atoms with van der Waals surface area (Å²) < 4.78 is 0. The molecule has 0 fully saturated rings. The lowest BCUT2D eigenvalue weighted by Crippen LogP contribution is -2.28. The molecule has 74 valence electrons. The van der Waals surface area contributed by atoms with Crippen molar-refractivity contribution in [1.29, 1.82) is 5.26 Å². The maximum atomic E-state index is 8.56. The van der Waals surface area contributed by atoms with Gasteiger partial charge in [0, 0.05) is 18.8 Å². The molecule has 0 bridgehead atoms. The molecule has 0 aromatic carbocycles. The molecule has 0 spiro atoms. The summed E-state index contributed by atoms with van der Waals surface area (Å²) in [7, 11) is 0. The van der Waals surface area contributed by atoms with E-state index < -0.39 is 0 Å². The molecule has 5 nitrogen and oxygen atoms in total. The van der Waals surface area contributed by atoms with Gasteiger partial charge in [0.1, 0.15) is 11.9 Å². The summed E-state index contributed by atoms with van der Waals surface area (Å²) >= 11 is 0. The van der Waals surface area contributed by atoms with Crippen molar-refractivity contribution in [1.82, 2.24) is 9.97 Å². The number of nitrogens with zero attached hydrogens (tertiary/aromatic N) is 3. The standard InChI is InChI=1S/C9H13N5/c1-2-7(11)6-13-8-3-4-12-9(5-10)14-8/h3-4,7H,2,6,11H2,1H3,(H,12,13,14). The summed E-state index contributed by atoms with van der Waals surface area (Å²) in [6.07, 6.45) is 2.45. The van der Waals surface area contributed by atoms with Crippen LogP contribution in [0.5, 0.6) is 0 Å². The van der Waals surface area contributed by atoms with Crippen LogP contribution in [-0.2, 0) is 0 Å². The van der Waals surface area contributed by atoms with E-state index in [9.17, 15) is 0 Å². The van der Waals surface area contributed by atoms with Crippen LogP contribution in [0.15, 0.2) is 12.3 Å². The van der Waals surface area contributed by atoms with Crippen molar-refractivity contribution >= 4 is 5.82 Å². The molecule has 1 rings (SSSR count). The number of hydrogen-bond acceptors (Lipinski definition) is 5. The predicted molar refractivity (Wildman–Crippen MR) is 53.5 cm³/mol. The molecule has 0 saturated carbocycles. The topological polar surface area (TPSA) is 87.6 Å². The Balaban J connectivity index is 2.55. The van der Waals surface area contributed by atoms with Gasteiger partial charge in [0.25, 0.3) is 0 Å². The smallest absolute Gasteiger partial charge is 0.234 e. The number of anilines is 1. The lowest BCUT2D eigenvalue weighted by atomic mass is 10.2. The first-order chi connectivity index (χ1) is 6.76. The fourth-order valence-corrected chi connectivity index (χ4v) is 0.891. The van der Waals surface area contributed by atoms with E-state index in [2.05, 4.69) is 15.3 Å². The largest absolute Gasteiger partial charge is 0.368 e. The van der Waals surface area contributed by atoms with Crippen molar-refractivity contribution in [2.24, 2.45) is 5.73 Å². The molecule has 0 amide bonds. The minimum atomic E-state index is 0.107. The number of hydrogen-bond donors (Lipinski definition) is 2. The molecule has 0 saturated heterocycles. The van der Waals surface area contributed by atoms with E-state index in [0.29, 0.717) is 12.4 Å². The first-order valence-corrected chi connectivity index (χ1v) is 4.49. The average molecular weight is 191 g/mol. The third-order valence-corrected chi connectivity index (χ3v) is 1.83. The van der Waals surface area contributed by atoms with Crippen LogP contribution in [0.25, 0.3) is 0 Å².